The van der Waals surface area contributed by atoms with Crippen LogP contribution in [0.1, 0.15) is 72.1 Å². The summed E-state index contributed by atoms with van der Waals surface area (Å²) in [6, 6.07) is 0. The molecule has 0 spiro atoms. The van der Waals surface area contributed by atoms with Crippen molar-refractivity contribution >= 4 is 5.78 Å². The second-order valence-corrected chi connectivity index (χ2v) is 6.33. The SMILES string of the molecule is CCCC(CC)/C(=C/C(=O)C(C)CC1CCCC1)OC. The molecular weight excluding hydrogens is 248 g/mol. The second kappa shape index (κ2) is 9.20. The first-order valence-electron chi connectivity index (χ1n) is 8.41. The predicted molar refractivity (Wildman–Crippen MR) is 84.5 cm³/mol. The van der Waals surface area contributed by atoms with Gasteiger partial charge in [0.05, 0.1) is 7.11 Å². The third kappa shape index (κ3) is 5.30. The van der Waals surface area contributed by atoms with Gasteiger partial charge in [0, 0.05) is 17.9 Å². The van der Waals surface area contributed by atoms with E-state index in [1.165, 1.54) is 25.7 Å². The number of ketones is 1. The number of hydrogen-bond acceptors (Lipinski definition) is 2. The summed E-state index contributed by atoms with van der Waals surface area (Å²) in [5.41, 5.74) is 0. The van der Waals surface area contributed by atoms with Crippen LogP contribution in [-0.2, 0) is 9.53 Å². The Morgan fingerprint density at radius 1 is 1.30 bits per heavy atom. The Labute approximate surface area is 125 Å². The van der Waals surface area contributed by atoms with Gasteiger partial charge in [-0.25, -0.2) is 0 Å². The molecule has 0 N–H and O–H groups in total. The molecule has 2 atom stereocenters. The molecular formula is C18H32O2. The first-order chi connectivity index (χ1) is 9.62. The third-order valence-electron chi connectivity index (χ3n) is 4.70. The molecule has 2 unspecified atom stereocenters. The lowest BCUT2D eigenvalue weighted by Crippen LogP contribution is -2.15. The molecule has 0 aliphatic heterocycles. The van der Waals surface area contributed by atoms with E-state index in [4.69, 9.17) is 4.74 Å². The highest BCUT2D eigenvalue weighted by Crippen LogP contribution is 2.31. The fourth-order valence-electron chi connectivity index (χ4n) is 3.38. The van der Waals surface area contributed by atoms with Crippen molar-refractivity contribution in [1.29, 1.82) is 0 Å². The number of ether oxygens (including phenoxy) is 1. The average Bonchev–Trinajstić information content (AvgIpc) is 2.95. The van der Waals surface area contributed by atoms with Crippen LogP contribution in [0.25, 0.3) is 0 Å². The molecule has 0 heterocycles. The number of methoxy groups -OCH3 is 1. The molecule has 0 aromatic carbocycles. The maximum absolute atomic E-state index is 12.4. The number of hydrogen-bond donors (Lipinski definition) is 0. The summed E-state index contributed by atoms with van der Waals surface area (Å²) in [5, 5.41) is 0. The van der Waals surface area contributed by atoms with Crippen molar-refractivity contribution in [2.45, 2.75) is 72.1 Å². The normalized spacial score (nSPS) is 19.9. The van der Waals surface area contributed by atoms with Crippen LogP contribution in [0.5, 0.6) is 0 Å². The lowest BCUT2D eigenvalue weighted by molar-refractivity contribution is -0.118. The minimum Gasteiger partial charge on any atom is -0.501 e. The molecule has 2 heteroatoms. The molecule has 1 saturated carbocycles. The Morgan fingerprint density at radius 2 is 1.95 bits per heavy atom. The van der Waals surface area contributed by atoms with Crippen molar-refractivity contribution < 1.29 is 9.53 Å². The lowest BCUT2D eigenvalue weighted by atomic mass is 9.90. The van der Waals surface area contributed by atoms with Crippen LogP contribution in [0.3, 0.4) is 0 Å². The van der Waals surface area contributed by atoms with E-state index >= 15 is 0 Å². The summed E-state index contributed by atoms with van der Waals surface area (Å²) in [6.07, 6.45) is 11.4. The molecule has 20 heavy (non-hydrogen) atoms. The predicted octanol–water partition coefficient (Wildman–Crippen LogP) is 5.13. The van der Waals surface area contributed by atoms with Crippen molar-refractivity contribution in [3.05, 3.63) is 11.8 Å². The smallest absolute Gasteiger partial charge is 0.161 e. The number of carbonyl (C=O) groups excluding carboxylic acids is 1. The fourth-order valence-corrected chi connectivity index (χ4v) is 3.38. The van der Waals surface area contributed by atoms with E-state index in [0.29, 0.717) is 5.92 Å². The maximum atomic E-state index is 12.4. The summed E-state index contributed by atoms with van der Waals surface area (Å²) in [6.45, 7) is 6.42. The molecule has 0 amide bonds. The van der Waals surface area contributed by atoms with Gasteiger partial charge in [-0.1, -0.05) is 52.9 Å². The number of carbonyl (C=O) groups is 1. The van der Waals surface area contributed by atoms with Crippen LogP contribution in [0.2, 0.25) is 0 Å². The Morgan fingerprint density at radius 3 is 2.45 bits per heavy atom. The van der Waals surface area contributed by atoms with Crippen molar-refractivity contribution in [1.82, 2.24) is 0 Å². The zero-order valence-electron chi connectivity index (χ0n) is 13.8. The van der Waals surface area contributed by atoms with Crippen LogP contribution < -0.4 is 0 Å². The van der Waals surface area contributed by atoms with Gasteiger partial charge < -0.3 is 4.74 Å². The van der Waals surface area contributed by atoms with Crippen LogP contribution in [0.4, 0.5) is 0 Å². The van der Waals surface area contributed by atoms with Gasteiger partial charge in [-0.05, 0) is 25.2 Å². The summed E-state index contributed by atoms with van der Waals surface area (Å²) >= 11 is 0. The summed E-state index contributed by atoms with van der Waals surface area (Å²) in [5.74, 6) is 2.45. The minimum atomic E-state index is 0.141. The molecule has 116 valence electrons. The van der Waals surface area contributed by atoms with E-state index in [1.807, 2.05) is 0 Å². The standard InChI is InChI=1S/C18H32O2/c1-5-9-16(6-2)18(20-4)13-17(19)14(3)12-15-10-7-8-11-15/h13-16H,5-12H2,1-4H3/b18-13-. The van der Waals surface area contributed by atoms with E-state index in [1.54, 1.807) is 13.2 Å². The minimum absolute atomic E-state index is 0.141. The average molecular weight is 280 g/mol. The highest BCUT2D eigenvalue weighted by atomic mass is 16.5. The molecule has 2 nitrogen and oxygen atoms in total. The monoisotopic (exact) mass is 280 g/mol. The molecule has 1 rings (SSSR count). The van der Waals surface area contributed by atoms with E-state index in [0.717, 1.165) is 37.4 Å². The second-order valence-electron chi connectivity index (χ2n) is 6.33. The van der Waals surface area contributed by atoms with Crippen molar-refractivity contribution in [3.63, 3.8) is 0 Å². The Hall–Kier alpha value is -0.790. The highest BCUT2D eigenvalue weighted by molar-refractivity contribution is 5.91. The summed E-state index contributed by atoms with van der Waals surface area (Å²) < 4.78 is 5.49. The van der Waals surface area contributed by atoms with Crippen LogP contribution >= 0.6 is 0 Å². The first kappa shape index (κ1) is 17.3. The zero-order valence-corrected chi connectivity index (χ0v) is 13.8. The highest BCUT2D eigenvalue weighted by Gasteiger charge is 2.22. The van der Waals surface area contributed by atoms with E-state index in [-0.39, 0.29) is 11.7 Å². The Kier molecular flexibility index (Phi) is 7.94. The van der Waals surface area contributed by atoms with E-state index in [9.17, 15) is 4.79 Å². The van der Waals surface area contributed by atoms with Gasteiger partial charge in [-0.3, -0.25) is 4.79 Å². The van der Waals surface area contributed by atoms with Crippen LogP contribution in [-0.4, -0.2) is 12.9 Å². The van der Waals surface area contributed by atoms with Gasteiger partial charge in [-0.15, -0.1) is 0 Å². The van der Waals surface area contributed by atoms with Crippen molar-refractivity contribution in [2.24, 2.45) is 17.8 Å². The number of rotatable bonds is 9. The van der Waals surface area contributed by atoms with E-state index < -0.39 is 0 Å². The maximum Gasteiger partial charge on any atom is 0.161 e. The van der Waals surface area contributed by atoms with E-state index in [2.05, 4.69) is 20.8 Å². The van der Waals surface area contributed by atoms with Crippen LogP contribution in [0.15, 0.2) is 11.8 Å². The van der Waals surface area contributed by atoms with Crippen LogP contribution in [0, 0.1) is 17.8 Å². The summed E-state index contributed by atoms with van der Waals surface area (Å²) in [4.78, 5) is 12.4. The third-order valence-corrected chi connectivity index (χ3v) is 4.70. The molecule has 0 aromatic rings. The molecule has 1 aliphatic carbocycles. The van der Waals surface area contributed by atoms with Gasteiger partial charge >= 0.3 is 0 Å². The van der Waals surface area contributed by atoms with Gasteiger partial charge in [-0.2, -0.15) is 0 Å². The van der Waals surface area contributed by atoms with Gasteiger partial charge in [0.2, 0.25) is 0 Å². The van der Waals surface area contributed by atoms with Crippen molar-refractivity contribution in [3.8, 4) is 0 Å². The zero-order chi connectivity index (χ0) is 15.0. The summed E-state index contributed by atoms with van der Waals surface area (Å²) in [7, 11) is 1.69. The number of allylic oxidation sites excluding steroid dienone is 2. The molecule has 1 aliphatic rings. The molecule has 0 aromatic heterocycles. The van der Waals surface area contributed by atoms with Gasteiger partial charge in [0.1, 0.15) is 5.76 Å². The quantitative estimate of drug-likeness (QED) is 0.432. The van der Waals surface area contributed by atoms with Gasteiger partial charge in [0.25, 0.3) is 0 Å². The molecule has 0 saturated heterocycles. The first-order valence-corrected chi connectivity index (χ1v) is 8.41. The lowest BCUT2D eigenvalue weighted by Gasteiger charge is -2.18. The molecule has 0 bridgehead atoms. The molecule has 1 fully saturated rings. The molecule has 0 radical (unpaired) electrons. The Balaban J connectivity index is 2.59. The fraction of sp³-hybridized carbons (Fsp3) is 0.833. The topological polar surface area (TPSA) is 26.3 Å². The Bertz CT molecular complexity index is 313. The van der Waals surface area contributed by atoms with Gasteiger partial charge in [0.15, 0.2) is 5.78 Å². The van der Waals surface area contributed by atoms with Crippen molar-refractivity contribution in [2.75, 3.05) is 7.11 Å². The largest absolute Gasteiger partial charge is 0.501 e.